The van der Waals surface area contributed by atoms with Crippen molar-refractivity contribution >= 4 is 5.91 Å². The number of likely N-dealkylation sites (tertiary alicyclic amines) is 1. The molecule has 4 heteroatoms. The second kappa shape index (κ2) is 6.08. The molecule has 2 unspecified atom stereocenters. The van der Waals surface area contributed by atoms with Crippen molar-refractivity contribution < 1.29 is 4.79 Å². The third-order valence-electron chi connectivity index (χ3n) is 3.35. The third-order valence-corrected chi connectivity index (χ3v) is 3.35. The normalized spacial score (nSPS) is 24.9. The van der Waals surface area contributed by atoms with Crippen molar-refractivity contribution in [1.29, 1.82) is 0 Å². The molecule has 0 bridgehead atoms. The monoisotopic (exact) mass is 213 g/mol. The van der Waals surface area contributed by atoms with Gasteiger partial charge in [0, 0.05) is 19.6 Å². The Hall–Kier alpha value is -0.610. The predicted octanol–water partition coefficient (Wildman–Crippen LogP) is 0.0523. The quantitative estimate of drug-likeness (QED) is 0.694. The molecule has 2 N–H and O–H groups in total. The lowest BCUT2D eigenvalue weighted by Crippen LogP contribution is -2.46. The molecule has 1 amide bonds. The molecule has 4 nitrogen and oxygen atoms in total. The van der Waals surface area contributed by atoms with E-state index in [1.165, 1.54) is 12.8 Å². The van der Waals surface area contributed by atoms with E-state index in [2.05, 4.69) is 22.5 Å². The SMILES string of the molecule is CNC(=O)CN1CCCC(C(C)NC)C1. The largest absolute Gasteiger partial charge is 0.358 e. The number of hydrogen-bond donors (Lipinski definition) is 2. The van der Waals surface area contributed by atoms with E-state index >= 15 is 0 Å². The maximum absolute atomic E-state index is 11.3. The second-order valence-electron chi connectivity index (χ2n) is 4.39. The highest BCUT2D eigenvalue weighted by molar-refractivity contribution is 5.77. The van der Waals surface area contributed by atoms with E-state index in [9.17, 15) is 4.79 Å². The second-order valence-corrected chi connectivity index (χ2v) is 4.39. The fourth-order valence-electron chi connectivity index (χ4n) is 2.16. The summed E-state index contributed by atoms with van der Waals surface area (Å²) in [4.78, 5) is 13.5. The van der Waals surface area contributed by atoms with Crippen molar-refractivity contribution in [1.82, 2.24) is 15.5 Å². The van der Waals surface area contributed by atoms with Crippen LogP contribution in [-0.4, -0.2) is 50.6 Å². The summed E-state index contributed by atoms with van der Waals surface area (Å²) in [5, 5.41) is 5.97. The predicted molar refractivity (Wildman–Crippen MR) is 61.8 cm³/mol. The van der Waals surface area contributed by atoms with Crippen LogP contribution in [0.2, 0.25) is 0 Å². The first-order valence-electron chi connectivity index (χ1n) is 5.77. The molecule has 0 aromatic rings. The highest BCUT2D eigenvalue weighted by Gasteiger charge is 2.24. The standard InChI is InChI=1S/C11H23N3O/c1-9(12-2)10-5-4-6-14(7-10)8-11(15)13-3/h9-10,12H,4-8H2,1-3H3,(H,13,15). The molecule has 15 heavy (non-hydrogen) atoms. The van der Waals surface area contributed by atoms with Crippen LogP contribution in [0.15, 0.2) is 0 Å². The van der Waals surface area contributed by atoms with E-state index in [1.807, 2.05) is 7.05 Å². The molecule has 0 saturated carbocycles. The van der Waals surface area contributed by atoms with Gasteiger partial charge >= 0.3 is 0 Å². The smallest absolute Gasteiger partial charge is 0.233 e. The zero-order valence-electron chi connectivity index (χ0n) is 10.0. The van der Waals surface area contributed by atoms with Gasteiger partial charge in [0.05, 0.1) is 6.54 Å². The van der Waals surface area contributed by atoms with Gasteiger partial charge in [-0.1, -0.05) is 0 Å². The summed E-state index contributed by atoms with van der Waals surface area (Å²) >= 11 is 0. The maximum Gasteiger partial charge on any atom is 0.233 e. The molecule has 1 rings (SSSR count). The van der Waals surface area contributed by atoms with E-state index in [-0.39, 0.29) is 5.91 Å². The van der Waals surface area contributed by atoms with Crippen LogP contribution in [0.4, 0.5) is 0 Å². The van der Waals surface area contributed by atoms with Crippen molar-refractivity contribution in [3.63, 3.8) is 0 Å². The Morgan fingerprint density at radius 1 is 1.53 bits per heavy atom. The molecule has 1 aliphatic heterocycles. The van der Waals surface area contributed by atoms with E-state index in [0.29, 0.717) is 18.5 Å². The van der Waals surface area contributed by atoms with Crippen LogP contribution in [0.5, 0.6) is 0 Å². The number of hydrogen-bond acceptors (Lipinski definition) is 3. The van der Waals surface area contributed by atoms with Crippen molar-refractivity contribution in [3.05, 3.63) is 0 Å². The number of amides is 1. The summed E-state index contributed by atoms with van der Waals surface area (Å²) in [6, 6.07) is 0.539. The van der Waals surface area contributed by atoms with E-state index < -0.39 is 0 Å². The Labute approximate surface area is 92.4 Å². The van der Waals surface area contributed by atoms with Gasteiger partial charge in [-0.15, -0.1) is 0 Å². The molecule has 2 atom stereocenters. The number of nitrogens with one attached hydrogen (secondary N) is 2. The van der Waals surface area contributed by atoms with Crippen LogP contribution in [0, 0.1) is 5.92 Å². The van der Waals surface area contributed by atoms with Crippen LogP contribution < -0.4 is 10.6 Å². The molecular weight excluding hydrogens is 190 g/mol. The average Bonchev–Trinajstić information content (AvgIpc) is 2.28. The highest BCUT2D eigenvalue weighted by atomic mass is 16.1. The van der Waals surface area contributed by atoms with Crippen molar-refractivity contribution in [2.75, 3.05) is 33.7 Å². The molecule has 0 radical (unpaired) electrons. The topological polar surface area (TPSA) is 44.4 Å². The Balaban J connectivity index is 2.38. The minimum atomic E-state index is 0.118. The minimum Gasteiger partial charge on any atom is -0.358 e. The van der Waals surface area contributed by atoms with Crippen LogP contribution in [0.25, 0.3) is 0 Å². The molecule has 1 fully saturated rings. The van der Waals surface area contributed by atoms with E-state index in [0.717, 1.165) is 13.1 Å². The molecule has 0 aromatic carbocycles. The summed E-state index contributed by atoms with van der Waals surface area (Å²) in [5.74, 6) is 0.793. The number of piperidine rings is 1. The molecule has 0 aliphatic carbocycles. The van der Waals surface area contributed by atoms with Crippen molar-refractivity contribution in [2.24, 2.45) is 5.92 Å². The average molecular weight is 213 g/mol. The van der Waals surface area contributed by atoms with Gasteiger partial charge in [-0.3, -0.25) is 9.69 Å². The lowest BCUT2D eigenvalue weighted by Gasteiger charge is -2.35. The fourth-order valence-corrected chi connectivity index (χ4v) is 2.16. The highest BCUT2D eigenvalue weighted by Crippen LogP contribution is 2.19. The maximum atomic E-state index is 11.3. The van der Waals surface area contributed by atoms with Crippen LogP contribution >= 0.6 is 0 Å². The van der Waals surface area contributed by atoms with Gasteiger partial charge in [0.25, 0.3) is 0 Å². The van der Waals surface area contributed by atoms with Gasteiger partial charge in [-0.05, 0) is 39.3 Å². The Morgan fingerprint density at radius 2 is 2.27 bits per heavy atom. The molecule has 88 valence electrons. The number of nitrogens with zero attached hydrogens (tertiary/aromatic N) is 1. The van der Waals surface area contributed by atoms with Crippen LogP contribution in [-0.2, 0) is 4.79 Å². The Bertz CT molecular complexity index is 208. The number of carbonyl (C=O) groups is 1. The van der Waals surface area contributed by atoms with E-state index in [1.54, 1.807) is 7.05 Å². The van der Waals surface area contributed by atoms with Gasteiger partial charge in [-0.25, -0.2) is 0 Å². The van der Waals surface area contributed by atoms with Crippen LogP contribution in [0.3, 0.4) is 0 Å². The Kier molecular flexibility index (Phi) is 5.05. The van der Waals surface area contributed by atoms with Crippen LogP contribution in [0.1, 0.15) is 19.8 Å². The first kappa shape index (κ1) is 12.5. The molecular formula is C11H23N3O. The zero-order chi connectivity index (χ0) is 11.3. The lowest BCUT2D eigenvalue weighted by molar-refractivity contribution is -0.122. The summed E-state index contributed by atoms with van der Waals surface area (Å²) in [6.45, 7) is 4.85. The first-order chi connectivity index (χ1) is 7.17. The molecule has 1 saturated heterocycles. The summed E-state index contributed by atoms with van der Waals surface area (Å²) in [5.41, 5.74) is 0. The van der Waals surface area contributed by atoms with Crippen molar-refractivity contribution in [2.45, 2.75) is 25.8 Å². The van der Waals surface area contributed by atoms with Gasteiger partial charge in [0.15, 0.2) is 0 Å². The molecule has 1 heterocycles. The summed E-state index contributed by atoms with van der Waals surface area (Å²) < 4.78 is 0. The van der Waals surface area contributed by atoms with Gasteiger partial charge < -0.3 is 10.6 Å². The molecule has 0 spiro atoms. The number of rotatable bonds is 4. The van der Waals surface area contributed by atoms with Gasteiger partial charge in [0.1, 0.15) is 0 Å². The first-order valence-corrected chi connectivity index (χ1v) is 5.77. The van der Waals surface area contributed by atoms with Crippen molar-refractivity contribution in [3.8, 4) is 0 Å². The zero-order valence-corrected chi connectivity index (χ0v) is 10.0. The number of likely N-dealkylation sites (N-methyl/N-ethyl adjacent to an activating group) is 1. The fraction of sp³-hybridized carbons (Fsp3) is 0.909. The third kappa shape index (κ3) is 3.80. The molecule has 1 aliphatic rings. The lowest BCUT2D eigenvalue weighted by atomic mass is 9.92. The summed E-state index contributed by atoms with van der Waals surface area (Å²) in [7, 11) is 3.70. The van der Waals surface area contributed by atoms with Gasteiger partial charge in [0.2, 0.25) is 5.91 Å². The van der Waals surface area contributed by atoms with Gasteiger partial charge in [-0.2, -0.15) is 0 Å². The summed E-state index contributed by atoms with van der Waals surface area (Å²) in [6.07, 6.45) is 2.47. The Morgan fingerprint density at radius 3 is 2.87 bits per heavy atom. The minimum absolute atomic E-state index is 0.118. The van der Waals surface area contributed by atoms with E-state index in [4.69, 9.17) is 0 Å². The molecule has 0 aromatic heterocycles. The number of carbonyl (C=O) groups excluding carboxylic acids is 1.